The van der Waals surface area contributed by atoms with E-state index in [9.17, 15) is 13.2 Å². The van der Waals surface area contributed by atoms with Crippen LogP contribution < -0.4 is 14.8 Å². The Kier molecular flexibility index (Phi) is 7.92. The van der Waals surface area contributed by atoms with Gasteiger partial charge in [-0.1, -0.05) is 0 Å². The van der Waals surface area contributed by atoms with Crippen LogP contribution in [0.15, 0.2) is 24.3 Å². The molecule has 0 aliphatic rings. The van der Waals surface area contributed by atoms with Crippen LogP contribution in [0.4, 0.5) is 13.2 Å². The zero-order valence-corrected chi connectivity index (χ0v) is 11.9. The van der Waals surface area contributed by atoms with E-state index in [-0.39, 0.29) is 5.75 Å². The van der Waals surface area contributed by atoms with Crippen molar-refractivity contribution < 1.29 is 27.4 Å². The second kappa shape index (κ2) is 9.46. The Balaban J connectivity index is 2.13. The molecule has 0 saturated carbocycles. The van der Waals surface area contributed by atoms with Crippen molar-refractivity contribution in [2.24, 2.45) is 0 Å². The molecule has 0 aliphatic carbocycles. The van der Waals surface area contributed by atoms with Crippen molar-refractivity contribution >= 4 is 0 Å². The molecule has 0 amide bonds. The number of hydrogen-bond donors (Lipinski definition) is 1. The first-order valence-electron chi connectivity index (χ1n) is 6.78. The summed E-state index contributed by atoms with van der Waals surface area (Å²) in [5, 5.41) is 3.18. The van der Waals surface area contributed by atoms with Gasteiger partial charge in [0.25, 0.3) is 0 Å². The fourth-order valence-electron chi connectivity index (χ4n) is 1.55. The van der Waals surface area contributed by atoms with Crippen LogP contribution in [0, 0.1) is 0 Å². The highest BCUT2D eigenvalue weighted by Crippen LogP contribution is 2.24. The van der Waals surface area contributed by atoms with Gasteiger partial charge in [0.15, 0.2) is 0 Å². The van der Waals surface area contributed by atoms with Gasteiger partial charge in [0.2, 0.25) is 0 Å². The SMILES string of the molecule is CCOCCCNCCOc1ccc(OC(F)(F)F)cc1. The first-order chi connectivity index (χ1) is 10.0. The van der Waals surface area contributed by atoms with E-state index in [0.717, 1.165) is 26.2 Å². The van der Waals surface area contributed by atoms with Crippen molar-refractivity contribution in [3.05, 3.63) is 24.3 Å². The predicted octanol–water partition coefficient (Wildman–Crippen LogP) is 2.98. The fourth-order valence-corrected chi connectivity index (χ4v) is 1.55. The third kappa shape index (κ3) is 9.14. The molecule has 4 nitrogen and oxygen atoms in total. The summed E-state index contributed by atoms with van der Waals surface area (Å²) in [6.07, 6.45) is -3.74. The number of ether oxygens (including phenoxy) is 3. The number of rotatable bonds is 10. The normalized spacial score (nSPS) is 11.4. The molecule has 0 saturated heterocycles. The Morgan fingerprint density at radius 2 is 1.67 bits per heavy atom. The van der Waals surface area contributed by atoms with E-state index >= 15 is 0 Å². The first-order valence-corrected chi connectivity index (χ1v) is 6.78. The van der Waals surface area contributed by atoms with Crippen molar-refractivity contribution in [1.82, 2.24) is 5.32 Å². The molecule has 0 fully saturated rings. The van der Waals surface area contributed by atoms with E-state index in [1.54, 1.807) is 0 Å². The van der Waals surface area contributed by atoms with Crippen molar-refractivity contribution in [3.8, 4) is 11.5 Å². The average Bonchev–Trinajstić information content (AvgIpc) is 2.42. The highest BCUT2D eigenvalue weighted by molar-refractivity contribution is 5.31. The van der Waals surface area contributed by atoms with Crippen molar-refractivity contribution in [2.45, 2.75) is 19.7 Å². The molecule has 7 heteroatoms. The zero-order valence-electron chi connectivity index (χ0n) is 11.9. The number of halogens is 3. The lowest BCUT2D eigenvalue weighted by atomic mass is 10.3. The number of alkyl halides is 3. The van der Waals surface area contributed by atoms with Gasteiger partial charge >= 0.3 is 6.36 Å². The molecule has 1 rings (SSSR count). The van der Waals surface area contributed by atoms with Crippen molar-refractivity contribution in [2.75, 3.05) is 32.9 Å². The van der Waals surface area contributed by atoms with E-state index in [0.29, 0.717) is 18.9 Å². The summed E-state index contributed by atoms with van der Waals surface area (Å²) in [5.41, 5.74) is 0. The highest BCUT2D eigenvalue weighted by atomic mass is 19.4. The Morgan fingerprint density at radius 3 is 2.29 bits per heavy atom. The maximum Gasteiger partial charge on any atom is 0.573 e. The molecule has 1 N–H and O–H groups in total. The van der Waals surface area contributed by atoms with Crippen LogP contribution in [-0.2, 0) is 4.74 Å². The summed E-state index contributed by atoms with van der Waals surface area (Å²) in [7, 11) is 0. The van der Waals surface area contributed by atoms with Gasteiger partial charge in [-0.3, -0.25) is 0 Å². The monoisotopic (exact) mass is 307 g/mol. The zero-order chi connectivity index (χ0) is 15.6. The largest absolute Gasteiger partial charge is 0.573 e. The van der Waals surface area contributed by atoms with Crippen LogP contribution in [0.2, 0.25) is 0 Å². The van der Waals surface area contributed by atoms with E-state index in [1.807, 2.05) is 6.92 Å². The summed E-state index contributed by atoms with van der Waals surface area (Å²) in [6, 6.07) is 5.32. The second-order valence-electron chi connectivity index (χ2n) is 4.17. The molecular formula is C14H20F3NO3. The van der Waals surface area contributed by atoms with Gasteiger partial charge in [-0.05, 0) is 44.2 Å². The fraction of sp³-hybridized carbons (Fsp3) is 0.571. The lowest BCUT2D eigenvalue weighted by Gasteiger charge is -2.10. The summed E-state index contributed by atoms with van der Waals surface area (Å²) in [4.78, 5) is 0. The maximum atomic E-state index is 12.0. The topological polar surface area (TPSA) is 39.7 Å². The Hall–Kier alpha value is -1.47. The van der Waals surface area contributed by atoms with E-state index in [1.165, 1.54) is 24.3 Å². The Labute approximate surface area is 122 Å². The molecule has 0 aromatic heterocycles. The van der Waals surface area contributed by atoms with Crippen LogP contribution in [0.25, 0.3) is 0 Å². The quantitative estimate of drug-likeness (QED) is 0.675. The standard InChI is InChI=1S/C14H20F3NO3/c1-2-19-10-3-8-18-9-11-20-12-4-6-13(7-5-12)21-14(15,16)17/h4-7,18H,2-3,8-11H2,1H3. The third-order valence-corrected chi connectivity index (χ3v) is 2.45. The lowest BCUT2D eigenvalue weighted by molar-refractivity contribution is -0.274. The lowest BCUT2D eigenvalue weighted by Crippen LogP contribution is -2.23. The van der Waals surface area contributed by atoms with Crippen LogP contribution in [0.5, 0.6) is 11.5 Å². The molecule has 1 aromatic carbocycles. The Morgan fingerprint density at radius 1 is 1.00 bits per heavy atom. The highest BCUT2D eigenvalue weighted by Gasteiger charge is 2.30. The molecule has 0 bridgehead atoms. The van der Waals surface area contributed by atoms with Gasteiger partial charge < -0.3 is 19.5 Å². The maximum absolute atomic E-state index is 12.0. The van der Waals surface area contributed by atoms with Crippen molar-refractivity contribution in [3.63, 3.8) is 0 Å². The molecule has 0 atom stereocenters. The second-order valence-corrected chi connectivity index (χ2v) is 4.17. The van der Waals surface area contributed by atoms with E-state index < -0.39 is 6.36 Å². The molecular weight excluding hydrogens is 287 g/mol. The summed E-state index contributed by atoms with van der Waals surface area (Å²) < 4.78 is 50.3. The third-order valence-electron chi connectivity index (χ3n) is 2.45. The molecule has 120 valence electrons. The van der Waals surface area contributed by atoms with Crippen LogP contribution >= 0.6 is 0 Å². The molecule has 0 spiro atoms. The Bertz CT molecular complexity index is 382. The smallest absolute Gasteiger partial charge is 0.492 e. The summed E-state index contributed by atoms with van der Waals surface area (Å²) in [5.74, 6) is 0.240. The average molecular weight is 307 g/mol. The van der Waals surface area contributed by atoms with Gasteiger partial charge in [0.1, 0.15) is 18.1 Å². The van der Waals surface area contributed by atoms with Gasteiger partial charge in [-0.25, -0.2) is 0 Å². The minimum absolute atomic E-state index is 0.260. The van der Waals surface area contributed by atoms with Crippen LogP contribution in [0.3, 0.4) is 0 Å². The molecule has 0 heterocycles. The first kappa shape index (κ1) is 17.6. The molecule has 0 radical (unpaired) electrons. The number of hydrogen-bond acceptors (Lipinski definition) is 4. The van der Waals surface area contributed by atoms with Crippen LogP contribution in [-0.4, -0.2) is 39.3 Å². The number of benzene rings is 1. The van der Waals surface area contributed by atoms with Crippen molar-refractivity contribution in [1.29, 1.82) is 0 Å². The summed E-state index contributed by atoms with van der Waals surface area (Å²) >= 11 is 0. The van der Waals surface area contributed by atoms with E-state index in [4.69, 9.17) is 9.47 Å². The molecule has 1 aromatic rings. The van der Waals surface area contributed by atoms with Gasteiger partial charge in [0, 0.05) is 19.8 Å². The van der Waals surface area contributed by atoms with Gasteiger partial charge in [0.05, 0.1) is 0 Å². The number of nitrogens with one attached hydrogen (secondary N) is 1. The molecule has 0 aliphatic heterocycles. The molecule has 21 heavy (non-hydrogen) atoms. The predicted molar refractivity (Wildman–Crippen MR) is 72.6 cm³/mol. The van der Waals surface area contributed by atoms with Gasteiger partial charge in [-0.15, -0.1) is 13.2 Å². The van der Waals surface area contributed by atoms with E-state index in [2.05, 4.69) is 10.1 Å². The minimum atomic E-state index is -4.67. The summed E-state index contributed by atoms with van der Waals surface area (Å²) in [6.45, 7) is 5.33. The molecule has 0 unspecified atom stereocenters. The van der Waals surface area contributed by atoms with Gasteiger partial charge in [-0.2, -0.15) is 0 Å². The minimum Gasteiger partial charge on any atom is -0.492 e. The van der Waals surface area contributed by atoms with Crippen LogP contribution in [0.1, 0.15) is 13.3 Å².